The highest BCUT2D eigenvalue weighted by Gasteiger charge is 2.18. The summed E-state index contributed by atoms with van der Waals surface area (Å²) in [5.41, 5.74) is 0.854. The van der Waals surface area contributed by atoms with Crippen molar-refractivity contribution in [3.05, 3.63) is 46.8 Å². The number of halogens is 1. The highest BCUT2D eigenvalue weighted by molar-refractivity contribution is 6.32. The summed E-state index contributed by atoms with van der Waals surface area (Å²) < 4.78 is 31.6. The van der Waals surface area contributed by atoms with Gasteiger partial charge in [-0.3, -0.25) is 0 Å². The molecule has 0 fully saturated rings. The van der Waals surface area contributed by atoms with Crippen LogP contribution in [0.5, 0.6) is 23.0 Å². The SMILES string of the molecule is CCOc1c(Cl)cc(C(=O)OCc2nc(-c3ccc(OC)c(OC)c3)no2)cc1OC. The topological polar surface area (TPSA) is 102 Å². The van der Waals surface area contributed by atoms with E-state index in [9.17, 15) is 4.79 Å². The summed E-state index contributed by atoms with van der Waals surface area (Å²) in [4.78, 5) is 16.7. The molecule has 3 rings (SSSR count). The first kappa shape index (κ1) is 22.2. The average Bonchev–Trinajstić information content (AvgIpc) is 3.27. The molecular formula is C21H21ClN2O7. The highest BCUT2D eigenvalue weighted by atomic mass is 35.5. The Balaban J connectivity index is 1.71. The highest BCUT2D eigenvalue weighted by Crippen LogP contribution is 2.36. The van der Waals surface area contributed by atoms with Gasteiger partial charge in [0.2, 0.25) is 5.82 Å². The normalized spacial score (nSPS) is 10.5. The van der Waals surface area contributed by atoms with Crippen LogP contribution < -0.4 is 18.9 Å². The van der Waals surface area contributed by atoms with Crippen LogP contribution in [-0.2, 0) is 11.3 Å². The summed E-state index contributed by atoms with van der Waals surface area (Å²) >= 11 is 6.20. The number of benzene rings is 2. The van der Waals surface area contributed by atoms with Gasteiger partial charge in [0, 0.05) is 5.56 Å². The Bertz CT molecular complexity index is 1070. The summed E-state index contributed by atoms with van der Waals surface area (Å²) in [5, 5.41) is 4.15. The molecule has 0 aliphatic rings. The van der Waals surface area contributed by atoms with Crippen LogP contribution in [0.4, 0.5) is 0 Å². The van der Waals surface area contributed by atoms with Gasteiger partial charge in [-0.05, 0) is 37.3 Å². The molecule has 164 valence electrons. The molecule has 0 unspecified atom stereocenters. The minimum atomic E-state index is -0.630. The third-order valence-corrected chi connectivity index (χ3v) is 4.47. The summed E-state index contributed by atoms with van der Waals surface area (Å²) in [7, 11) is 4.54. The fourth-order valence-corrected chi connectivity index (χ4v) is 3.00. The number of hydrogen-bond donors (Lipinski definition) is 0. The maximum atomic E-state index is 12.4. The van der Waals surface area contributed by atoms with Gasteiger partial charge in [-0.25, -0.2) is 4.79 Å². The molecule has 0 atom stereocenters. The molecule has 0 N–H and O–H groups in total. The first-order valence-corrected chi connectivity index (χ1v) is 9.60. The molecule has 0 radical (unpaired) electrons. The molecule has 1 heterocycles. The number of methoxy groups -OCH3 is 3. The maximum absolute atomic E-state index is 12.4. The molecule has 0 saturated heterocycles. The molecule has 0 saturated carbocycles. The summed E-state index contributed by atoms with van der Waals surface area (Å²) in [6.07, 6.45) is 0. The monoisotopic (exact) mass is 448 g/mol. The van der Waals surface area contributed by atoms with E-state index in [2.05, 4.69) is 10.1 Å². The lowest BCUT2D eigenvalue weighted by molar-refractivity contribution is 0.0429. The van der Waals surface area contributed by atoms with Crippen LogP contribution in [-0.4, -0.2) is 44.0 Å². The Hall–Kier alpha value is -3.46. The third kappa shape index (κ3) is 5.00. The van der Waals surface area contributed by atoms with Crippen molar-refractivity contribution in [2.45, 2.75) is 13.5 Å². The molecule has 0 bridgehead atoms. The van der Waals surface area contributed by atoms with Crippen molar-refractivity contribution < 1.29 is 33.0 Å². The van der Waals surface area contributed by atoms with E-state index in [1.165, 1.54) is 26.4 Å². The van der Waals surface area contributed by atoms with Crippen LogP contribution in [0.2, 0.25) is 5.02 Å². The number of nitrogens with zero attached hydrogens (tertiary/aromatic N) is 2. The van der Waals surface area contributed by atoms with Gasteiger partial charge in [-0.2, -0.15) is 4.98 Å². The van der Waals surface area contributed by atoms with Crippen molar-refractivity contribution in [2.75, 3.05) is 27.9 Å². The molecule has 9 nitrogen and oxygen atoms in total. The maximum Gasteiger partial charge on any atom is 0.338 e. The van der Waals surface area contributed by atoms with E-state index in [4.69, 9.17) is 39.8 Å². The zero-order chi connectivity index (χ0) is 22.4. The smallest absolute Gasteiger partial charge is 0.338 e. The molecule has 3 aromatic rings. The van der Waals surface area contributed by atoms with E-state index >= 15 is 0 Å². The predicted octanol–water partition coefficient (Wildman–Crippen LogP) is 4.17. The number of hydrogen-bond acceptors (Lipinski definition) is 9. The fourth-order valence-electron chi connectivity index (χ4n) is 2.74. The number of esters is 1. The number of rotatable bonds is 9. The van der Waals surface area contributed by atoms with Crippen LogP contribution in [0.15, 0.2) is 34.9 Å². The van der Waals surface area contributed by atoms with Gasteiger partial charge in [0.25, 0.3) is 5.89 Å². The van der Waals surface area contributed by atoms with Gasteiger partial charge in [0.05, 0.1) is 38.5 Å². The Kier molecular flexibility index (Phi) is 7.19. The second-order valence-corrected chi connectivity index (χ2v) is 6.49. The molecular weight excluding hydrogens is 428 g/mol. The van der Waals surface area contributed by atoms with E-state index in [0.29, 0.717) is 41.0 Å². The quantitative estimate of drug-likeness (QED) is 0.446. The second kappa shape index (κ2) is 10.0. The Labute approximate surface area is 183 Å². The predicted molar refractivity (Wildman–Crippen MR) is 111 cm³/mol. The lowest BCUT2D eigenvalue weighted by atomic mass is 10.2. The van der Waals surface area contributed by atoms with Crippen molar-refractivity contribution >= 4 is 17.6 Å². The van der Waals surface area contributed by atoms with E-state index < -0.39 is 5.97 Å². The zero-order valence-electron chi connectivity index (χ0n) is 17.4. The first-order valence-electron chi connectivity index (χ1n) is 9.23. The Morgan fingerprint density at radius 2 is 1.77 bits per heavy atom. The standard InChI is InChI=1S/C21H21ClN2O7/c1-5-29-19-14(22)8-13(10-17(19)28-4)21(25)30-11-18-23-20(24-31-18)12-6-7-15(26-2)16(9-12)27-3/h6-10H,5,11H2,1-4H3. The molecule has 1 aromatic heterocycles. The van der Waals surface area contributed by atoms with Crippen molar-refractivity contribution in [1.82, 2.24) is 10.1 Å². The van der Waals surface area contributed by atoms with Gasteiger partial charge < -0.3 is 28.2 Å². The van der Waals surface area contributed by atoms with Crippen molar-refractivity contribution in [3.8, 4) is 34.4 Å². The zero-order valence-corrected chi connectivity index (χ0v) is 18.2. The van der Waals surface area contributed by atoms with Crippen LogP contribution >= 0.6 is 11.6 Å². The molecule has 10 heteroatoms. The molecule has 0 aliphatic heterocycles. The average molecular weight is 449 g/mol. The van der Waals surface area contributed by atoms with Gasteiger partial charge >= 0.3 is 5.97 Å². The summed E-state index contributed by atoms with van der Waals surface area (Å²) in [6.45, 7) is 2.00. The van der Waals surface area contributed by atoms with Crippen molar-refractivity contribution in [2.24, 2.45) is 0 Å². The van der Waals surface area contributed by atoms with E-state index in [1.807, 2.05) is 6.92 Å². The number of aromatic nitrogens is 2. The summed E-state index contributed by atoms with van der Waals surface area (Å²) in [5.74, 6) is 1.61. The number of carbonyl (C=O) groups is 1. The second-order valence-electron chi connectivity index (χ2n) is 6.08. The summed E-state index contributed by atoms with van der Waals surface area (Å²) in [6, 6.07) is 8.14. The first-order chi connectivity index (χ1) is 15.0. The molecule has 31 heavy (non-hydrogen) atoms. The largest absolute Gasteiger partial charge is 0.493 e. The van der Waals surface area contributed by atoms with Gasteiger partial charge in [-0.1, -0.05) is 16.8 Å². The molecule has 2 aromatic carbocycles. The van der Waals surface area contributed by atoms with Gasteiger partial charge in [0.15, 0.2) is 29.6 Å². The van der Waals surface area contributed by atoms with Gasteiger partial charge in [-0.15, -0.1) is 0 Å². The minimum Gasteiger partial charge on any atom is -0.493 e. The van der Waals surface area contributed by atoms with Crippen LogP contribution in [0.25, 0.3) is 11.4 Å². The lowest BCUT2D eigenvalue weighted by Crippen LogP contribution is -2.07. The van der Waals surface area contributed by atoms with E-state index in [0.717, 1.165) is 0 Å². The molecule has 0 amide bonds. The Morgan fingerprint density at radius 3 is 2.45 bits per heavy atom. The van der Waals surface area contributed by atoms with Crippen molar-refractivity contribution in [3.63, 3.8) is 0 Å². The fraction of sp³-hybridized carbons (Fsp3) is 0.286. The van der Waals surface area contributed by atoms with Crippen LogP contribution in [0.1, 0.15) is 23.2 Å². The van der Waals surface area contributed by atoms with Gasteiger partial charge in [0.1, 0.15) is 0 Å². The van der Waals surface area contributed by atoms with Crippen LogP contribution in [0, 0.1) is 0 Å². The third-order valence-electron chi connectivity index (χ3n) is 4.19. The molecule has 0 aliphatic carbocycles. The Morgan fingerprint density at radius 1 is 1.03 bits per heavy atom. The lowest BCUT2D eigenvalue weighted by Gasteiger charge is -2.12. The number of ether oxygens (including phenoxy) is 5. The number of carbonyl (C=O) groups excluding carboxylic acids is 1. The molecule has 0 spiro atoms. The minimum absolute atomic E-state index is 0.127. The van der Waals surface area contributed by atoms with E-state index in [1.54, 1.807) is 25.3 Å². The van der Waals surface area contributed by atoms with E-state index in [-0.39, 0.29) is 23.1 Å². The van der Waals surface area contributed by atoms with Crippen LogP contribution in [0.3, 0.4) is 0 Å². The van der Waals surface area contributed by atoms with Crippen molar-refractivity contribution in [1.29, 1.82) is 0 Å².